The Morgan fingerprint density at radius 1 is 1.12 bits per heavy atom. The maximum absolute atomic E-state index is 12.4. The summed E-state index contributed by atoms with van der Waals surface area (Å²) in [6.07, 6.45) is 2.37. The lowest BCUT2D eigenvalue weighted by Crippen LogP contribution is -2.26. The molecule has 0 spiro atoms. The zero-order chi connectivity index (χ0) is 18.9. The molecule has 2 aromatic rings. The van der Waals surface area contributed by atoms with Gasteiger partial charge in [0.2, 0.25) is 0 Å². The second-order valence-corrected chi connectivity index (χ2v) is 6.28. The number of benzene rings is 1. The minimum Gasteiger partial charge on any atom is -0.494 e. The predicted octanol–water partition coefficient (Wildman–Crippen LogP) is 3.51. The van der Waals surface area contributed by atoms with Gasteiger partial charge in [-0.25, -0.2) is 0 Å². The number of aromatic nitrogens is 1. The van der Waals surface area contributed by atoms with Crippen LogP contribution >= 0.6 is 0 Å². The van der Waals surface area contributed by atoms with Crippen LogP contribution in [0.25, 0.3) is 0 Å². The molecule has 6 heteroatoms. The summed E-state index contributed by atoms with van der Waals surface area (Å²) in [5.41, 5.74) is 1.24. The summed E-state index contributed by atoms with van der Waals surface area (Å²) in [6, 6.07) is 10.2. The smallest absolute Gasteiger partial charge is 0.274 e. The van der Waals surface area contributed by atoms with Gasteiger partial charge in [0.15, 0.2) is 0 Å². The molecule has 0 aliphatic rings. The molecule has 0 radical (unpaired) electrons. The molecule has 0 bridgehead atoms. The molecule has 2 rings (SSSR count). The number of hydrogen-bond donors (Lipinski definition) is 2. The number of rotatable bonds is 8. The lowest BCUT2D eigenvalue weighted by atomic mass is 10.1. The standard InChI is InChI=1S/C20H25N3O3/c1-4-26-17-7-5-16(6-8-17)23-20(25)18-13-15(10-12-21-18)19(24)22-11-9-14(2)3/h5-8,10,12-14H,4,9,11H2,1-3H3,(H,22,24)(H,23,25). The molecule has 0 aliphatic carbocycles. The number of pyridine rings is 1. The number of carbonyl (C=O) groups excluding carboxylic acids is 2. The number of nitrogens with zero attached hydrogens (tertiary/aromatic N) is 1. The van der Waals surface area contributed by atoms with E-state index in [2.05, 4.69) is 29.5 Å². The van der Waals surface area contributed by atoms with Crippen LogP contribution in [0.3, 0.4) is 0 Å². The first-order chi connectivity index (χ1) is 12.5. The van der Waals surface area contributed by atoms with Crippen LogP contribution in [0, 0.1) is 5.92 Å². The van der Waals surface area contributed by atoms with Gasteiger partial charge in [0, 0.05) is 24.0 Å². The summed E-state index contributed by atoms with van der Waals surface area (Å²) in [4.78, 5) is 28.6. The third-order valence-electron chi connectivity index (χ3n) is 3.69. The molecule has 2 N–H and O–H groups in total. The number of carbonyl (C=O) groups is 2. The number of hydrogen-bond acceptors (Lipinski definition) is 4. The average Bonchev–Trinajstić information content (AvgIpc) is 2.63. The van der Waals surface area contributed by atoms with E-state index >= 15 is 0 Å². The fourth-order valence-corrected chi connectivity index (χ4v) is 2.27. The largest absolute Gasteiger partial charge is 0.494 e. The molecule has 0 aliphatic heterocycles. The van der Waals surface area contributed by atoms with E-state index in [0.717, 1.165) is 12.2 Å². The van der Waals surface area contributed by atoms with Gasteiger partial charge >= 0.3 is 0 Å². The fraction of sp³-hybridized carbons (Fsp3) is 0.350. The lowest BCUT2D eigenvalue weighted by molar-refractivity contribution is 0.0952. The predicted molar refractivity (Wildman–Crippen MR) is 102 cm³/mol. The Kier molecular flexibility index (Phi) is 7.14. The lowest BCUT2D eigenvalue weighted by Gasteiger charge is -2.09. The molecule has 0 saturated heterocycles. The number of nitrogens with one attached hydrogen (secondary N) is 2. The fourth-order valence-electron chi connectivity index (χ4n) is 2.27. The Hall–Kier alpha value is -2.89. The van der Waals surface area contributed by atoms with Gasteiger partial charge in [0.1, 0.15) is 11.4 Å². The molecule has 1 aromatic carbocycles. The van der Waals surface area contributed by atoms with Crippen LogP contribution in [0.4, 0.5) is 5.69 Å². The highest BCUT2D eigenvalue weighted by atomic mass is 16.5. The van der Waals surface area contributed by atoms with Gasteiger partial charge in [0.25, 0.3) is 11.8 Å². The first-order valence-corrected chi connectivity index (χ1v) is 8.78. The van der Waals surface area contributed by atoms with Crippen molar-refractivity contribution in [1.82, 2.24) is 10.3 Å². The van der Waals surface area contributed by atoms with E-state index in [1.165, 1.54) is 12.3 Å². The highest BCUT2D eigenvalue weighted by Crippen LogP contribution is 2.16. The molecule has 2 amide bonds. The molecule has 0 fully saturated rings. The first kappa shape index (κ1) is 19.4. The Labute approximate surface area is 154 Å². The van der Waals surface area contributed by atoms with Gasteiger partial charge in [-0.1, -0.05) is 13.8 Å². The first-order valence-electron chi connectivity index (χ1n) is 8.78. The summed E-state index contributed by atoms with van der Waals surface area (Å²) < 4.78 is 5.37. The van der Waals surface area contributed by atoms with E-state index in [1.807, 2.05) is 6.92 Å². The molecule has 6 nitrogen and oxygen atoms in total. The minimum absolute atomic E-state index is 0.190. The van der Waals surface area contributed by atoms with Crippen molar-refractivity contribution in [2.24, 2.45) is 5.92 Å². The van der Waals surface area contributed by atoms with E-state index in [4.69, 9.17) is 4.74 Å². The summed E-state index contributed by atoms with van der Waals surface area (Å²) >= 11 is 0. The average molecular weight is 355 g/mol. The van der Waals surface area contributed by atoms with Crippen molar-refractivity contribution < 1.29 is 14.3 Å². The summed E-state index contributed by atoms with van der Waals surface area (Å²) in [5.74, 6) is 0.682. The molecular weight excluding hydrogens is 330 g/mol. The van der Waals surface area contributed by atoms with Crippen molar-refractivity contribution in [3.8, 4) is 5.75 Å². The molecule has 0 saturated carbocycles. The van der Waals surface area contributed by atoms with E-state index in [9.17, 15) is 9.59 Å². The van der Waals surface area contributed by atoms with Crippen LogP contribution in [-0.2, 0) is 0 Å². The van der Waals surface area contributed by atoms with Crippen molar-refractivity contribution in [3.63, 3.8) is 0 Å². The maximum atomic E-state index is 12.4. The van der Waals surface area contributed by atoms with Crippen molar-refractivity contribution in [2.75, 3.05) is 18.5 Å². The maximum Gasteiger partial charge on any atom is 0.274 e. The van der Waals surface area contributed by atoms with Gasteiger partial charge < -0.3 is 15.4 Å². The van der Waals surface area contributed by atoms with Crippen molar-refractivity contribution >= 4 is 17.5 Å². The van der Waals surface area contributed by atoms with Gasteiger partial charge in [-0.15, -0.1) is 0 Å². The summed E-state index contributed by atoms with van der Waals surface area (Å²) in [7, 11) is 0. The van der Waals surface area contributed by atoms with Crippen LogP contribution in [0.15, 0.2) is 42.6 Å². The zero-order valence-corrected chi connectivity index (χ0v) is 15.4. The van der Waals surface area contributed by atoms with Crippen LogP contribution in [0.1, 0.15) is 48.0 Å². The third-order valence-corrected chi connectivity index (χ3v) is 3.69. The minimum atomic E-state index is -0.369. The van der Waals surface area contributed by atoms with Gasteiger partial charge in [-0.2, -0.15) is 0 Å². The van der Waals surface area contributed by atoms with Gasteiger partial charge in [0.05, 0.1) is 6.61 Å². The Bertz CT molecular complexity index is 742. The highest BCUT2D eigenvalue weighted by Gasteiger charge is 2.12. The van der Waals surface area contributed by atoms with Crippen LogP contribution in [0.5, 0.6) is 5.75 Å². The van der Waals surface area contributed by atoms with Gasteiger partial charge in [-0.3, -0.25) is 14.6 Å². The number of amides is 2. The number of ether oxygens (including phenoxy) is 1. The molecule has 0 atom stereocenters. The van der Waals surface area contributed by atoms with E-state index in [-0.39, 0.29) is 17.5 Å². The second-order valence-electron chi connectivity index (χ2n) is 6.28. The molecule has 1 aromatic heterocycles. The Balaban J connectivity index is 1.99. The normalized spacial score (nSPS) is 10.5. The highest BCUT2D eigenvalue weighted by molar-refractivity contribution is 6.04. The quantitative estimate of drug-likeness (QED) is 0.759. The topological polar surface area (TPSA) is 80.3 Å². The van der Waals surface area contributed by atoms with E-state index in [0.29, 0.717) is 30.3 Å². The van der Waals surface area contributed by atoms with E-state index < -0.39 is 0 Å². The molecule has 1 heterocycles. The van der Waals surface area contributed by atoms with Crippen molar-refractivity contribution in [1.29, 1.82) is 0 Å². The van der Waals surface area contributed by atoms with Crippen molar-refractivity contribution in [2.45, 2.75) is 27.2 Å². The van der Waals surface area contributed by atoms with Crippen molar-refractivity contribution in [3.05, 3.63) is 53.9 Å². The second kappa shape index (κ2) is 9.56. The summed E-state index contributed by atoms with van der Waals surface area (Å²) in [5, 5.41) is 5.62. The SMILES string of the molecule is CCOc1ccc(NC(=O)c2cc(C(=O)NCCC(C)C)ccn2)cc1. The van der Waals surface area contributed by atoms with Crippen LogP contribution in [-0.4, -0.2) is 29.9 Å². The number of anilines is 1. The molecular formula is C20H25N3O3. The Morgan fingerprint density at radius 3 is 2.50 bits per heavy atom. The van der Waals surface area contributed by atoms with Crippen LogP contribution < -0.4 is 15.4 Å². The summed E-state index contributed by atoms with van der Waals surface area (Å²) in [6.45, 7) is 7.30. The van der Waals surface area contributed by atoms with E-state index in [1.54, 1.807) is 30.3 Å². The zero-order valence-electron chi connectivity index (χ0n) is 15.4. The monoisotopic (exact) mass is 355 g/mol. The van der Waals surface area contributed by atoms with Gasteiger partial charge in [-0.05, 0) is 55.7 Å². The third kappa shape index (κ3) is 5.88. The molecule has 138 valence electrons. The Morgan fingerprint density at radius 2 is 1.85 bits per heavy atom. The molecule has 26 heavy (non-hydrogen) atoms. The van der Waals surface area contributed by atoms with Crippen LogP contribution in [0.2, 0.25) is 0 Å². The molecule has 0 unspecified atom stereocenters.